The molecule has 0 radical (unpaired) electrons. The van der Waals surface area contributed by atoms with Crippen molar-refractivity contribution in [2.24, 2.45) is 0 Å². The summed E-state index contributed by atoms with van der Waals surface area (Å²) in [5.74, 6) is 0. The SMILES string of the molecule is CC1OCCC1S(=O)(=O)NC1CCc2cc(Cl)ccc21. The first-order valence-corrected chi connectivity index (χ1v) is 8.81. The van der Waals surface area contributed by atoms with Gasteiger partial charge in [0.05, 0.1) is 6.10 Å². The summed E-state index contributed by atoms with van der Waals surface area (Å²) in [6.07, 6.45) is 1.98. The molecule has 0 amide bonds. The molecule has 1 aromatic carbocycles. The minimum atomic E-state index is -3.35. The van der Waals surface area contributed by atoms with E-state index in [2.05, 4.69) is 4.72 Å². The maximum absolute atomic E-state index is 12.5. The molecule has 0 aromatic heterocycles. The number of ether oxygens (including phenoxy) is 1. The van der Waals surface area contributed by atoms with Crippen LogP contribution in [0.2, 0.25) is 5.02 Å². The Morgan fingerprint density at radius 3 is 2.85 bits per heavy atom. The van der Waals surface area contributed by atoms with Gasteiger partial charge in [-0.15, -0.1) is 0 Å². The average Bonchev–Trinajstić information content (AvgIpc) is 2.96. The van der Waals surface area contributed by atoms with E-state index in [4.69, 9.17) is 16.3 Å². The molecule has 3 rings (SSSR count). The van der Waals surface area contributed by atoms with Gasteiger partial charge in [0.25, 0.3) is 0 Å². The molecule has 1 N–H and O–H groups in total. The van der Waals surface area contributed by atoms with Crippen molar-refractivity contribution in [2.75, 3.05) is 6.61 Å². The number of nitrogens with one attached hydrogen (secondary N) is 1. The van der Waals surface area contributed by atoms with Crippen LogP contribution in [0.25, 0.3) is 0 Å². The summed E-state index contributed by atoms with van der Waals surface area (Å²) in [4.78, 5) is 0. The van der Waals surface area contributed by atoms with Crippen LogP contribution in [0.4, 0.5) is 0 Å². The Morgan fingerprint density at radius 2 is 2.15 bits per heavy atom. The Labute approximate surface area is 124 Å². The van der Waals surface area contributed by atoms with E-state index in [-0.39, 0.29) is 12.1 Å². The summed E-state index contributed by atoms with van der Waals surface area (Å²) in [6, 6.07) is 5.52. The molecule has 6 heteroatoms. The smallest absolute Gasteiger partial charge is 0.217 e. The number of hydrogen-bond acceptors (Lipinski definition) is 3. The quantitative estimate of drug-likeness (QED) is 0.932. The first-order chi connectivity index (χ1) is 9.47. The highest BCUT2D eigenvalue weighted by atomic mass is 35.5. The predicted molar refractivity (Wildman–Crippen MR) is 78.4 cm³/mol. The zero-order chi connectivity index (χ0) is 14.3. The monoisotopic (exact) mass is 315 g/mol. The first kappa shape index (κ1) is 14.3. The number of fused-ring (bicyclic) bond motifs is 1. The second-order valence-electron chi connectivity index (χ2n) is 5.50. The van der Waals surface area contributed by atoms with Gasteiger partial charge in [0, 0.05) is 17.7 Å². The number of rotatable bonds is 3. The van der Waals surface area contributed by atoms with Gasteiger partial charge in [-0.3, -0.25) is 0 Å². The summed E-state index contributed by atoms with van der Waals surface area (Å²) < 4.78 is 33.1. The summed E-state index contributed by atoms with van der Waals surface area (Å²) in [5.41, 5.74) is 2.19. The van der Waals surface area contributed by atoms with Crippen molar-refractivity contribution in [1.29, 1.82) is 0 Å². The van der Waals surface area contributed by atoms with Gasteiger partial charge >= 0.3 is 0 Å². The molecule has 3 atom stereocenters. The van der Waals surface area contributed by atoms with E-state index in [1.165, 1.54) is 0 Å². The lowest BCUT2D eigenvalue weighted by Gasteiger charge is -2.20. The van der Waals surface area contributed by atoms with Crippen LogP contribution < -0.4 is 4.72 Å². The molecule has 4 nitrogen and oxygen atoms in total. The van der Waals surface area contributed by atoms with Gasteiger partial charge in [-0.1, -0.05) is 17.7 Å². The number of sulfonamides is 1. The summed E-state index contributed by atoms with van der Waals surface area (Å²) in [6.45, 7) is 2.34. The fourth-order valence-electron chi connectivity index (χ4n) is 3.11. The Morgan fingerprint density at radius 1 is 1.35 bits per heavy atom. The van der Waals surface area contributed by atoms with Crippen LogP contribution in [0.15, 0.2) is 18.2 Å². The Hall–Kier alpha value is -0.620. The normalized spacial score (nSPS) is 29.6. The van der Waals surface area contributed by atoms with Crippen molar-refractivity contribution < 1.29 is 13.2 Å². The van der Waals surface area contributed by atoms with Crippen LogP contribution in [0.1, 0.15) is 36.9 Å². The standard InChI is InChI=1S/C14H18ClNO3S/c1-9-14(6-7-19-9)20(17,18)16-13-5-2-10-8-11(15)3-4-12(10)13/h3-4,8-9,13-14,16H,2,5-7H2,1H3. The largest absolute Gasteiger partial charge is 0.377 e. The molecule has 0 saturated carbocycles. The van der Waals surface area contributed by atoms with Crippen molar-refractivity contribution in [1.82, 2.24) is 4.72 Å². The average molecular weight is 316 g/mol. The summed E-state index contributed by atoms with van der Waals surface area (Å²) >= 11 is 5.97. The van der Waals surface area contributed by atoms with Crippen molar-refractivity contribution in [3.8, 4) is 0 Å². The number of aryl methyl sites for hydroxylation is 1. The third-order valence-electron chi connectivity index (χ3n) is 4.19. The summed E-state index contributed by atoms with van der Waals surface area (Å²) in [5, 5.41) is 0.254. The van der Waals surface area contributed by atoms with Gasteiger partial charge < -0.3 is 4.74 Å². The minimum absolute atomic E-state index is 0.139. The molecule has 110 valence electrons. The molecule has 1 saturated heterocycles. The highest BCUT2D eigenvalue weighted by molar-refractivity contribution is 7.90. The van der Waals surface area contributed by atoms with Gasteiger partial charge in [-0.25, -0.2) is 13.1 Å². The van der Waals surface area contributed by atoms with Crippen molar-refractivity contribution in [2.45, 2.75) is 43.6 Å². The molecule has 1 aliphatic carbocycles. The maximum atomic E-state index is 12.5. The lowest BCUT2D eigenvalue weighted by atomic mass is 10.1. The molecule has 20 heavy (non-hydrogen) atoms. The second-order valence-corrected chi connectivity index (χ2v) is 7.87. The van der Waals surface area contributed by atoms with E-state index in [1.807, 2.05) is 25.1 Å². The van der Waals surface area contributed by atoms with Gasteiger partial charge in [0.2, 0.25) is 10.0 Å². The lowest BCUT2D eigenvalue weighted by molar-refractivity contribution is 0.126. The molecular weight excluding hydrogens is 298 g/mol. The zero-order valence-corrected chi connectivity index (χ0v) is 12.9. The zero-order valence-electron chi connectivity index (χ0n) is 11.3. The molecule has 3 unspecified atom stereocenters. The van der Waals surface area contributed by atoms with Crippen LogP contribution in [-0.4, -0.2) is 26.4 Å². The van der Waals surface area contributed by atoms with Crippen LogP contribution in [0, 0.1) is 0 Å². The van der Waals surface area contributed by atoms with E-state index < -0.39 is 15.3 Å². The van der Waals surface area contributed by atoms with E-state index in [0.717, 1.165) is 24.0 Å². The molecule has 1 heterocycles. The lowest BCUT2D eigenvalue weighted by Crippen LogP contribution is -2.39. The van der Waals surface area contributed by atoms with Gasteiger partial charge in [-0.2, -0.15) is 0 Å². The highest BCUT2D eigenvalue weighted by Crippen LogP contribution is 2.34. The number of halogens is 1. The van der Waals surface area contributed by atoms with E-state index in [1.54, 1.807) is 0 Å². The summed E-state index contributed by atoms with van der Waals surface area (Å²) in [7, 11) is -3.35. The third kappa shape index (κ3) is 2.60. The van der Waals surface area contributed by atoms with Crippen molar-refractivity contribution >= 4 is 21.6 Å². The van der Waals surface area contributed by atoms with E-state index >= 15 is 0 Å². The van der Waals surface area contributed by atoms with Crippen LogP contribution >= 0.6 is 11.6 Å². The molecule has 1 aliphatic heterocycles. The van der Waals surface area contributed by atoms with E-state index in [9.17, 15) is 8.42 Å². The van der Waals surface area contributed by atoms with Gasteiger partial charge in [-0.05, 0) is 49.4 Å². The molecule has 1 aromatic rings. The number of hydrogen-bond donors (Lipinski definition) is 1. The van der Waals surface area contributed by atoms with Crippen molar-refractivity contribution in [3.05, 3.63) is 34.3 Å². The Balaban J connectivity index is 1.80. The van der Waals surface area contributed by atoms with Crippen molar-refractivity contribution in [3.63, 3.8) is 0 Å². The maximum Gasteiger partial charge on any atom is 0.217 e. The molecule has 0 bridgehead atoms. The second kappa shape index (κ2) is 5.30. The number of benzene rings is 1. The molecule has 0 spiro atoms. The fourth-order valence-corrected chi connectivity index (χ4v) is 5.11. The molecule has 1 fully saturated rings. The Bertz CT molecular complexity index is 617. The predicted octanol–water partition coefficient (Wildman–Crippen LogP) is 2.42. The van der Waals surface area contributed by atoms with Gasteiger partial charge in [0.15, 0.2) is 0 Å². The van der Waals surface area contributed by atoms with E-state index in [0.29, 0.717) is 18.1 Å². The minimum Gasteiger partial charge on any atom is -0.377 e. The molecule has 2 aliphatic rings. The third-order valence-corrected chi connectivity index (χ3v) is 6.46. The topological polar surface area (TPSA) is 55.4 Å². The van der Waals surface area contributed by atoms with Gasteiger partial charge in [0.1, 0.15) is 5.25 Å². The van der Waals surface area contributed by atoms with Crippen LogP contribution in [0.3, 0.4) is 0 Å². The molecular formula is C14H18ClNO3S. The highest BCUT2D eigenvalue weighted by Gasteiger charge is 2.38. The fraction of sp³-hybridized carbons (Fsp3) is 0.571. The Kier molecular flexibility index (Phi) is 3.79. The van der Waals surface area contributed by atoms with Crippen LogP contribution in [0.5, 0.6) is 0 Å². The first-order valence-electron chi connectivity index (χ1n) is 6.88. The van der Waals surface area contributed by atoms with Crippen LogP contribution in [-0.2, 0) is 21.2 Å².